The van der Waals surface area contributed by atoms with Crippen molar-refractivity contribution in [3.63, 3.8) is 0 Å². The van der Waals surface area contributed by atoms with Gasteiger partial charge in [-0.15, -0.1) is 0 Å². The van der Waals surface area contributed by atoms with E-state index >= 15 is 0 Å². The van der Waals surface area contributed by atoms with Gasteiger partial charge in [-0.1, -0.05) is 6.92 Å². The van der Waals surface area contributed by atoms with Gasteiger partial charge in [-0.25, -0.2) is 0 Å². The van der Waals surface area contributed by atoms with E-state index in [0.29, 0.717) is 0 Å². The van der Waals surface area contributed by atoms with Crippen molar-refractivity contribution in [2.24, 2.45) is 5.92 Å². The van der Waals surface area contributed by atoms with E-state index in [1.807, 2.05) is 20.8 Å². The Morgan fingerprint density at radius 3 is 2.14 bits per heavy atom. The topological polar surface area (TPSA) is 66.4 Å². The van der Waals surface area contributed by atoms with Gasteiger partial charge in [-0.2, -0.15) is 0 Å². The van der Waals surface area contributed by atoms with Gasteiger partial charge in [0.1, 0.15) is 0 Å². The molecule has 1 amide bonds. The van der Waals surface area contributed by atoms with Crippen molar-refractivity contribution in [2.45, 2.75) is 46.1 Å². The van der Waals surface area contributed by atoms with Gasteiger partial charge in [-0.05, 0) is 26.7 Å². The highest BCUT2D eigenvalue weighted by Crippen LogP contribution is 2.08. The quantitative estimate of drug-likeness (QED) is 0.722. The lowest BCUT2D eigenvalue weighted by Crippen LogP contribution is -2.41. The minimum atomic E-state index is -0.860. The van der Waals surface area contributed by atoms with E-state index < -0.39 is 5.97 Å². The van der Waals surface area contributed by atoms with Crippen molar-refractivity contribution < 1.29 is 14.7 Å². The summed E-state index contributed by atoms with van der Waals surface area (Å²) in [5.74, 6) is -1.07. The lowest BCUT2D eigenvalue weighted by atomic mass is 10.0. The van der Waals surface area contributed by atoms with E-state index in [2.05, 4.69) is 5.32 Å². The molecule has 0 saturated carbocycles. The molecule has 82 valence electrons. The third kappa shape index (κ3) is 7.58. The monoisotopic (exact) mass is 201 g/mol. The van der Waals surface area contributed by atoms with Crippen LogP contribution in [-0.2, 0) is 9.59 Å². The molecule has 0 fully saturated rings. The highest BCUT2D eigenvalue weighted by atomic mass is 16.4. The predicted molar refractivity (Wildman–Crippen MR) is 53.9 cm³/mol. The van der Waals surface area contributed by atoms with Gasteiger partial charge in [-0.3, -0.25) is 9.59 Å². The van der Waals surface area contributed by atoms with Gasteiger partial charge in [0.05, 0.1) is 0 Å². The molecule has 0 aliphatic carbocycles. The normalized spacial score (nSPS) is 13.4. The number of nitrogens with one attached hydrogen (secondary N) is 1. The fraction of sp³-hybridized carbons (Fsp3) is 0.800. The summed E-state index contributed by atoms with van der Waals surface area (Å²) < 4.78 is 0. The minimum Gasteiger partial charge on any atom is -0.481 e. The van der Waals surface area contributed by atoms with E-state index in [1.54, 1.807) is 6.92 Å². The fourth-order valence-electron chi connectivity index (χ4n) is 1.16. The zero-order chi connectivity index (χ0) is 11.4. The Labute approximate surface area is 84.7 Å². The number of rotatable bonds is 4. The van der Waals surface area contributed by atoms with Gasteiger partial charge < -0.3 is 10.4 Å². The van der Waals surface area contributed by atoms with Gasteiger partial charge in [0, 0.05) is 18.4 Å². The molecular weight excluding hydrogens is 182 g/mol. The number of carboxylic acids is 1. The van der Waals surface area contributed by atoms with Crippen LogP contribution in [-0.4, -0.2) is 22.5 Å². The molecule has 4 heteroatoms. The minimum absolute atomic E-state index is 0.0392. The molecule has 0 aromatic carbocycles. The van der Waals surface area contributed by atoms with Crippen molar-refractivity contribution in [3.05, 3.63) is 0 Å². The molecule has 0 aromatic heterocycles. The van der Waals surface area contributed by atoms with Crippen LogP contribution in [0.1, 0.15) is 40.5 Å². The molecule has 0 unspecified atom stereocenters. The summed E-state index contributed by atoms with van der Waals surface area (Å²) in [4.78, 5) is 21.7. The van der Waals surface area contributed by atoms with Crippen LogP contribution in [0.4, 0.5) is 0 Å². The summed E-state index contributed by atoms with van der Waals surface area (Å²) >= 11 is 0. The second kappa shape index (κ2) is 4.98. The molecule has 0 radical (unpaired) electrons. The molecule has 0 bridgehead atoms. The van der Waals surface area contributed by atoms with Crippen molar-refractivity contribution in [2.75, 3.05) is 0 Å². The number of aliphatic carboxylic acids is 1. The maximum absolute atomic E-state index is 11.3. The molecule has 0 saturated heterocycles. The average Bonchev–Trinajstić information content (AvgIpc) is 1.77. The number of carbonyl (C=O) groups is 2. The molecule has 0 aliphatic heterocycles. The first kappa shape index (κ1) is 12.9. The van der Waals surface area contributed by atoms with E-state index in [9.17, 15) is 9.59 Å². The summed E-state index contributed by atoms with van der Waals surface area (Å²) in [6.07, 6.45) is 0.307. The number of amides is 1. The average molecular weight is 201 g/mol. The Hall–Kier alpha value is -1.06. The lowest BCUT2D eigenvalue weighted by Gasteiger charge is -2.21. The molecule has 14 heavy (non-hydrogen) atoms. The van der Waals surface area contributed by atoms with E-state index in [4.69, 9.17) is 5.11 Å². The van der Waals surface area contributed by atoms with Crippen molar-refractivity contribution in [1.29, 1.82) is 0 Å². The zero-order valence-corrected chi connectivity index (χ0v) is 9.26. The van der Waals surface area contributed by atoms with Crippen LogP contribution < -0.4 is 5.32 Å². The number of carbonyl (C=O) groups excluding carboxylic acids is 1. The molecule has 0 spiro atoms. The Balaban J connectivity index is 3.89. The molecule has 2 N–H and O–H groups in total. The first-order chi connectivity index (χ1) is 6.20. The van der Waals surface area contributed by atoms with Crippen LogP contribution in [0.15, 0.2) is 0 Å². The summed E-state index contributed by atoms with van der Waals surface area (Å²) in [6, 6.07) is 0. The number of hydrogen-bond acceptors (Lipinski definition) is 2. The molecule has 0 aromatic rings. The molecule has 4 nitrogen and oxygen atoms in total. The third-order valence-corrected chi connectivity index (χ3v) is 1.57. The lowest BCUT2D eigenvalue weighted by molar-refractivity contribution is -0.138. The molecule has 1 atom stereocenters. The van der Waals surface area contributed by atoms with Crippen LogP contribution >= 0.6 is 0 Å². The molecule has 0 heterocycles. The Morgan fingerprint density at radius 1 is 1.29 bits per heavy atom. The molecule has 0 rings (SSSR count). The van der Waals surface area contributed by atoms with Crippen LogP contribution in [0.5, 0.6) is 0 Å². The number of carboxylic acid groups (broad SMARTS) is 1. The molecule has 0 aliphatic rings. The van der Waals surface area contributed by atoms with E-state index in [-0.39, 0.29) is 30.2 Å². The maximum atomic E-state index is 11.3. The van der Waals surface area contributed by atoms with E-state index in [1.165, 1.54) is 0 Å². The highest BCUT2D eigenvalue weighted by molar-refractivity contribution is 5.77. The van der Waals surface area contributed by atoms with Crippen LogP contribution in [0, 0.1) is 5.92 Å². The highest BCUT2D eigenvalue weighted by Gasteiger charge is 2.17. The fourth-order valence-corrected chi connectivity index (χ4v) is 1.16. The standard InChI is InChI=1S/C10H19NO3/c1-7(6-9(13)14)5-8(12)11-10(2,3)4/h7H,5-6H2,1-4H3,(H,11,12)(H,13,14)/t7-/m0/s1. The van der Waals surface area contributed by atoms with Crippen molar-refractivity contribution >= 4 is 11.9 Å². The third-order valence-electron chi connectivity index (χ3n) is 1.57. The van der Waals surface area contributed by atoms with Gasteiger partial charge in [0.25, 0.3) is 0 Å². The van der Waals surface area contributed by atoms with Gasteiger partial charge in [0.2, 0.25) is 5.91 Å². The van der Waals surface area contributed by atoms with Crippen LogP contribution in [0.25, 0.3) is 0 Å². The summed E-state index contributed by atoms with van der Waals surface area (Å²) in [6.45, 7) is 7.45. The van der Waals surface area contributed by atoms with E-state index in [0.717, 1.165) is 0 Å². The number of hydrogen-bond donors (Lipinski definition) is 2. The van der Waals surface area contributed by atoms with Crippen molar-refractivity contribution in [1.82, 2.24) is 5.32 Å². The van der Waals surface area contributed by atoms with Gasteiger partial charge >= 0.3 is 5.97 Å². The van der Waals surface area contributed by atoms with Crippen LogP contribution in [0.2, 0.25) is 0 Å². The summed E-state index contributed by atoms with van der Waals surface area (Å²) in [5.41, 5.74) is -0.250. The summed E-state index contributed by atoms with van der Waals surface area (Å²) in [5, 5.41) is 11.3. The Kier molecular flexibility index (Phi) is 4.60. The Bertz CT molecular complexity index is 218. The zero-order valence-electron chi connectivity index (χ0n) is 9.26. The second-order valence-corrected chi connectivity index (χ2v) is 4.71. The largest absolute Gasteiger partial charge is 0.481 e. The molecular formula is C10H19NO3. The van der Waals surface area contributed by atoms with Crippen molar-refractivity contribution in [3.8, 4) is 0 Å². The Morgan fingerprint density at radius 2 is 1.79 bits per heavy atom. The first-order valence-corrected chi connectivity index (χ1v) is 4.73. The smallest absolute Gasteiger partial charge is 0.303 e. The van der Waals surface area contributed by atoms with Gasteiger partial charge in [0.15, 0.2) is 0 Å². The van der Waals surface area contributed by atoms with Crippen LogP contribution in [0.3, 0.4) is 0 Å². The maximum Gasteiger partial charge on any atom is 0.303 e. The second-order valence-electron chi connectivity index (χ2n) is 4.71. The SMILES string of the molecule is C[C@H](CC(=O)O)CC(=O)NC(C)(C)C. The predicted octanol–water partition coefficient (Wildman–Crippen LogP) is 1.40. The summed E-state index contributed by atoms with van der Waals surface area (Å²) in [7, 11) is 0. The first-order valence-electron chi connectivity index (χ1n) is 4.73.